The Hall–Kier alpha value is -1.78. The topological polar surface area (TPSA) is 192 Å². The van der Waals surface area contributed by atoms with E-state index in [0.29, 0.717) is 12.8 Å². The van der Waals surface area contributed by atoms with Gasteiger partial charge < -0.3 is 46.1 Å². The van der Waals surface area contributed by atoms with Crippen molar-refractivity contribution in [3.8, 4) is 12.3 Å². The molecule has 1 heterocycles. The Balaban J connectivity index is 2.94. The Labute approximate surface area is 175 Å². The highest BCUT2D eigenvalue weighted by molar-refractivity contribution is 5.78. The maximum absolute atomic E-state index is 11.9. The van der Waals surface area contributed by atoms with Crippen molar-refractivity contribution >= 4 is 11.9 Å². The van der Waals surface area contributed by atoms with Gasteiger partial charge in [0.2, 0.25) is 5.91 Å². The number of carbonyl (C=O) groups is 2. The van der Waals surface area contributed by atoms with Gasteiger partial charge in [-0.15, -0.1) is 12.3 Å². The molecule has 0 saturated carbocycles. The van der Waals surface area contributed by atoms with Crippen LogP contribution in [0.15, 0.2) is 0 Å². The van der Waals surface area contributed by atoms with Crippen LogP contribution < -0.4 is 11.1 Å². The summed E-state index contributed by atoms with van der Waals surface area (Å²) in [5.74, 6) is -2.17. The lowest BCUT2D eigenvalue weighted by molar-refractivity contribution is -0.310. The molecule has 172 valence electrons. The molecule has 1 aliphatic heterocycles. The number of carboxylic acid groups (broad SMARTS) is 1. The highest BCUT2D eigenvalue weighted by Gasteiger charge is 2.55. The maximum Gasteiger partial charge on any atom is 0.364 e. The van der Waals surface area contributed by atoms with E-state index in [1.807, 2.05) is 0 Å². The number of nitrogens with one attached hydrogen (secondary N) is 1. The Morgan fingerprint density at radius 2 is 1.97 bits per heavy atom. The van der Waals surface area contributed by atoms with Gasteiger partial charge in [-0.05, 0) is 12.8 Å². The lowest BCUT2D eigenvalue weighted by Crippen LogP contribution is -2.68. The molecule has 0 aromatic carbocycles. The summed E-state index contributed by atoms with van der Waals surface area (Å²) < 4.78 is 11.0. The van der Waals surface area contributed by atoms with E-state index in [1.54, 1.807) is 0 Å². The van der Waals surface area contributed by atoms with Crippen molar-refractivity contribution in [2.45, 2.75) is 74.8 Å². The van der Waals surface area contributed by atoms with Crippen LogP contribution in [-0.4, -0.2) is 93.4 Å². The first kappa shape index (κ1) is 26.3. The molecule has 30 heavy (non-hydrogen) atoms. The molecule has 0 unspecified atom stereocenters. The summed E-state index contributed by atoms with van der Waals surface area (Å²) in [4.78, 5) is 23.5. The second kappa shape index (κ2) is 12.8. The van der Waals surface area contributed by atoms with Crippen LogP contribution in [0, 0.1) is 12.3 Å². The fraction of sp³-hybridized carbons (Fsp3) is 0.789. The van der Waals surface area contributed by atoms with Crippen LogP contribution in [0.5, 0.6) is 0 Å². The van der Waals surface area contributed by atoms with Gasteiger partial charge >= 0.3 is 5.97 Å². The Morgan fingerprint density at radius 3 is 2.53 bits per heavy atom. The number of nitrogens with two attached hydrogens (primary N) is 1. The number of unbranched alkanes of at least 4 members (excludes halogenated alkanes) is 4. The average Bonchev–Trinajstić information content (AvgIpc) is 2.73. The van der Waals surface area contributed by atoms with E-state index in [9.17, 15) is 30.0 Å². The molecule has 11 heteroatoms. The van der Waals surface area contributed by atoms with Gasteiger partial charge in [0.25, 0.3) is 5.79 Å². The predicted octanol–water partition coefficient (Wildman–Crippen LogP) is -2.32. The molecule has 1 amide bonds. The Kier molecular flexibility index (Phi) is 11.2. The molecular formula is C19H32N2O9. The third-order valence-corrected chi connectivity index (χ3v) is 4.89. The molecule has 0 aromatic rings. The maximum atomic E-state index is 11.9. The van der Waals surface area contributed by atoms with Crippen molar-refractivity contribution in [2.24, 2.45) is 5.73 Å². The summed E-state index contributed by atoms with van der Waals surface area (Å²) in [5, 5.41) is 51.7. The van der Waals surface area contributed by atoms with Crippen LogP contribution in [0.3, 0.4) is 0 Å². The predicted molar refractivity (Wildman–Crippen MR) is 104 cm³/mol. The van der Waals surface area contributed by atoms with Crippen molar-refractivity contribution in [3.05, 3.63) is 0 Å². The van der Waals surface area contributed by atoms with Crippen LogP contribution in [0.4, 0.5) is 0 Å². The van der Waals surface area contributed by atoms with Crippen LogP contribution >= 0.6 is 0 Å². The minimum Gasteiger partial charge on any atom is -0.477 e. The zero-order valence-electron chi connectivity index (χ0n) is 16.8. The molecule has 1 saturated heterocycles. The molecule has 1 aliphatic rings. The molecule has 0 radical (unpaired) electrons. The smallest absolute Gasteiger partial charge is 0.364 e. The van der Waals surface area contributed by atoms with Crippen molar-refractivity contribution in [1.82, 2.24) is 5.32 Å². The second-order valence-electron chi connectivity index (χ2n) is 7.17. The van der Waals surface area contributed by atoms with Gasteiger partial charge in [-0.3, -0.25) is 4.79 Å². The first-order chi connectivity index (χ1) is 14.2. The zero-order valence-corrected chi connectivity index (χ0v) is 16.8. The zero-order chi connectivity index (χ0) is 22.7. The number of rotatable bonds is 13. The number of carbonyl (C=O) groups excluding carboxylic acids is 1. The number of amides is 1. The average molecular weight is 432 g/mol. The molecule has 0 bridgehead atoms. The van der Waals surface area contributed by atoms with Gasteiger partial charge in [-0.25, -0.2) is 4.79 Å². The fourth-order valence-corrected chi connectivity index (χ4v) is 3.22. The summed E-state index contributed by atoms with van der Waals surface area (Å²) in [6.45, 7) is -1.27. The number of hydrogen-bond acceptors (Lipinski definition) is 9. The van der Waals surface area contributed by atoms with Gasteiger partial charge in [0.1, 0.15) is 18.8 Å². The largest absolute Gasteiger partial charge is 0.477 e. The molecule has 0 aromatic heterocycles. The number of aliphatic hydroxyl groups is 4. The Morgan fingerprint density at radius 1 is 1.30 bits per heavy atom. The summed E-state index contributed by atoms with van der Waals surface area (Å²) in [5.41, 5.74) is 5.35. The summed E-state index contributed by atoms with van der Waals surface area (Å²) in [6.07, 6.45) is 1.91. The third-order valence-electron chi connectivity index (χ3n) is 4.89. The van der Waals surface area contributed by atoms with E-state index in [4.69, 9.17) is 26.7 Å². The lowest BCUT2D eigenvalue weighted by atomic mass is 9.88. The number of terminal acetylenes is 1. The molecule has 0 spiro atoms. The van der Waals surface area contributed by atoms with Crippen molar-refractivity contribution in [3.63, 3.8) is 0 Å². The molecule has 11 nitrogen and oxygen atoms in total. The molecular weight excluding hydrogens is 400 g/mol. The van der Waals surface area contributed by atoms with Gasteiger partial charge in [0.15, 0.2) is 0 Å². The number of hydrogen-bond donors (Lipinski definition) is 7. The van der Waals surface area contributed by atoms with Crippen molar-refractivity contribution < 1.29 is 44.6 Å². The number of aliphatic hydroxyl groups excluding tert-OH is 4. The summed E-state index contributed by atoms with van der Waals surface area (Å²) in [6, 6.07) is -1.30. The van der Waals surface area contributed by atoms with Gasteiger partial charge in [0, 0.05) is 19.4 Å². The van der Waals surface area contributed by atoms with Gasteiger partial charge in [0.05, 0.1) is 24.9 Å². The monoisotopic (exact) mass is 432 g/mol. The minimum atomic E-state index is -2.29. The standard InChI is InChI=1S/C19H32N2O9/c1-2-3-4-5-6-7-8-29-19(18(27)28)9-12(23)15(21-14(25)11-22)17(30-19)16(26)13(24)10-20/h1,12-13,15-17,22-24,26H,3-11,20H2,(H,21,25)(H,27,28)/t12-,13+,15+,16+,17+,19+/m0/s1. The van der Waals surface area contributed by atoms with Crippen LogP contribution in [0.1, 0.15) is 38.5 Å². The van der Waals surface area contributed by atoms with E-state index in [1.165, 1.54) is 0 Å². The molecule has 0 aliphatic carbocycles. The van der Waals surface area contributed by atoms with Crippen molar-refractivity contribution in [2.75, 3.05) is 19.8 Å². The van der Waals surface area contributed by atoms with Gasteiger partial charge in [-0.2, -0.15) is 0 Å². The fourth-order valence-electron chi connectivity index (χ4n) is 3.22. The number of aliphatic carboxylic acids is 1. The van der Waals surface area contributed by atoms with E-state index in [0.717, 1.165) is 19.3 Å². The van der Waals surface area contributed by atoms with E-state index in [-0.39, 0.29) is 13.2 Å². The molecule has 1 fully saturated rings. The summed E-state index contributed by atoms with van der Waals surface area (Å²) >= 11 is 0. The number of ether oxygens (including phenoxy) is 2. The Bertz CT molecular complexity index is 597. The van der Waals surface area contributed by atoms with E-state index in [2.05, 4.69) is 11.2 Å². The van der Waals surface area contributed by atoms with Crippen LogP contribution in [0.25, 0.3) is 0 Å². The van der Waals surface area contributed by atoms with E-state index >= 15 is 0 Å². The first-order valence-corrected chi connectivity index (χ1v) is 9.85. The normalized spacial score (nSPS) is 28.3. The first-order valence-electron chi connectivity index (χ1n) is 9.85. The van der Waals surface area contributed by atoms with Crippen molar-refractivity contribution in [1.29, 1.82) is 0 Å². The SMILES string of the molecule is C#CCCCCCCO[C@]1(C(=O)O)C[C@H](O)[C@@H](NC(=O)CO)[C@H]([C@H](O)[C@H](O)CN)O1. The molecule has 1 rings (SSSR count). The summed E-state index contributed by atoms with van der Waals surface area (Å²) in [7, 11) is 0. The van der Waals surface area contributed by atoms with E-state index < -0.39 is 61.1 Å². The third kappa shape index (κ3) is 7.17. The minimum absolute atomic E-state index is 0.00496. The number of carboxylic acids is 1. The second-order valence-corrected chi connectivity index (χ2v) is 7.17. The lowest BCUT2D eigenvalue weighted by Gasteiger charge is -2.46. The van der Waals surface area contributed by atoms with Gasteiger partial charge in [-0.1, -0.05) is 12.8 Å². The van der Waals surface area contributed by atoms with Crippen LogP contribution in [-0.2, 0) is 19.1 Å². The van der Waals surface area contributed by atoms with Crippen LogP contribution in [0.2, 0.25) is 0 Å². The highest BCUT2D eigenvalue weighted by atomic mass is 16.7. The quantitative estimate of drug-likeness (QED) is 0.123. The highest BCUT2D eigenvalue weighted by Crippen LogP contribution is 2.33. The molecule has 6 atom stereocenters. The molecule has 8 N–H and O–H groups in total.